The number of carbonyl (C=O) groups excluding carboxylic acids is 2. The van der Waals surface area contributed by atoms with Gasteiger partial charge in [-0.05, 0) is 64.2 Å². The number of thioether (sulfide) groups is 1. The number of rotatable bonds is 10. The molecule has 0 saturated carbocycles. The first-order valence-corrected chi connectivity index (χ1v) is 15.6. The smallest absolute Gasteiger partial charge is 0.341 e. The molecule has 2 heterocycles. The summed E-state index contributed by atoms with van der Waals surface area (Å²) in [7, 11) is -3.60. The summed E-state index contributed by atoms with van der Waals surface area (Å²) < 4.78 is 32.7. The molecule has 0 unspecified atom stereocenters. The molecule has 9 nitrogen and oxygen atoms in total. The zero-order valence-corrected chi connectivity index (χ0v) is 23.5. The van der Waals surface area contributed by atoms with Crippen molar-refractivity contribution in [2.45, 2.75) is 68.8 Å². The maximum absolute atomic E-state index is 12.9. The molecule has 0 aliphatic heterocycles. The van der Waals surface area contributed by atoms with Gasteiger partial charge in [0.25, 0.3) is 0 Å². The van der Waals surface area contributed by atoms with Gasteiger partial charge in [0, 0.05) is 11.4 Å². The van der Waals surface area contributed by atoms with Crippen molar-refractivity contribution >= 4 is 49.8 Å². The fraction of sp³-hybridized carbons (Fsp3) is 0.440. The number of aromatic nitrogens is 3. The number of amides is 1. The number of benzene rings is 1. The number of hydrogen-bond acceptors (Lipinski definition) is 9. The van der Waals surface area contributed by atoms with Gasteiger partial charge in [0.1, 0.15) is 16.6 Å². The highest BCUT2D eigenvalue weighted by Gasteiger charge is 2.27. The average molecular weight is 563 g/mol. The van der Waals surface area contributed by atoms with Gasteiger partial charge in [0.15, 0.2) is 15.0 Å². The van der Waals surface area contributed by atoms with Crippen molar-refractivity contribution in [2.24, 2.45) is 0 Å². The lowest BCUT2D eigenvalue weighted by molar-refractivity contribution is -0.113. The van der Waals surface area contributed by atoms with Gasteiger partial charge in [-0.1, -0.05) is 29.5 Å². The third-order valence-corrected chi connectivity index (χ3v) is 9.85. The molecule has 1 amide bonds. The maximum Gasteiger partial charge on any atom is 0.341 e. The third kappa shape index (κ3) is 6.24. The second-order valence-electron chi connectivity index (χ2n) is 8.69. The molecule has 0 atom stereocenters. The second-order valence-corrected chi connectivity index (χ2v) is 12.7. The van der Waals surface area contributed by atoms with Crippen molar-refractivity contribution < 1.29 is 22.7 Å². The molecule has 3 aromatic rings. The minimum atomic E-state index is -3.60. The summed E-state index contributed by atoms with van der Waals surface area (Å²) in [4.78, 5) is 26.8. The molecule has 1 N–H and O–H groups in total. The summed E-state index contributed by atoms with van der Waals surface area (Å²) in [6.45, 7) is 6.25. The normalized spacial score (nSPS) is 13.3. The van der Waals surface area contributed by atoms with E-state index in [0.29, 0.717) is 28.1 Å². The molecule has 0 bridgehead atoms. The first-order valence-electron chi connectivity index (χ1n) is 12.2. The first kappa shape index (κ1) is 27.3. The highest BCUT2D eigenvalue weighted by molar-refractivity contribution is 7.99. The molecule has 12 heteroatoms. The largest absolute Gasteiger partial charge is 0.462 e. The zero-order valence-electron chi connectivity index (χ0n) is 21.1. The van der Waals surface area contributed by atoms with E-state index in [1.807, 2.05) is 13.8 Å². The van der Waals surface area contributed by atoms with E-state index >= 15 is 0 Å². The maximum atomic E-state index is 12.9. The number of carbonyl (C=O) groups is 2. The van der Waals surface area contributed by atoms with Crippen LogP contribution >= 0.6 is 23.1 Å². The lowest BCUT2D eigenvalue weighted by Gasteiger charge is -2.12. The summed E-state index contributed by atoms with van der Waals surface area (Å²) >= 11 is 2.61. The van der Waals surface area contributed by atoms with Crippen LogP contribution in [0.25, 0.3) is 0 Å². The second kappa shape index (κ2) is 11.8. The molecule has 0 fully saturated rings. The van der Waals surface area contributed by atoms with Gasteiger partial charge >= 0.3 is 5.97 Å². The Morgan fingerprint density at radius 3 is 2.57 bits per heavy atom. The molecular formula is C25H30N4O5S3. The minimum Gasteiger partial charge on any atom is -0.462 e. The van der Waals surface area contributed by atoms with Gasteiger partial charge < -0.3 is 14.6 Å². The number of anilines is 1. The molecule has 2 aromatic heterocycles. The van der Waals surface area contributed by atoms with E-state index in [1.165, 1.54) is 23.1 Å². The van der Waals surface area contributed by atoms with E-state index in [4.69, 9.17) is 4.74 Å². The number of hydrogen-bond donors (Lipinski definition) is 1. The SMILES string of the molecule is CCOC(=O)c1c(NC(=O)CSc2nnc(CS(=O)(=O)c3ccc(C)cc3)n2CC)sc2c1CCCC2. The minimum absolute atomic E-state index is 0.0354. The Labute approximate surface area is 224 Å². The van der Waals surface area contributed by atoms with Crippen LogP contribution in [0.2, 0.25) is 0 Å². The van der Waals surface area contributed by atoms with Crippen LogP contribution in [0.4, 0.5) is 5.00 Å². The molecule has 37 heavy (non-hydrogen) atoms. The van der Waals surface area contributed by atoms with E-state index in [1.54, 1.807) is 35.8 Å². The molecule has 4 rings (SSSR count). The first-order chi connectivity index (χ1) is 17.7. The number of fused-ring (bicyclic) bond motifs is 1. The van der Waals surface area contributed by atoms with Crippen LogP contribution in [0, 0.1) is 6.92 Å². The number of nitrogens with zero attached hydrogens (tertiary/aromatic N) is 3. The van der Waals surface area contributed by atoms with Gasteiger partial charge in [-0.15, -0.1) is 21.5 Å². The number of sulfone groups is 1. The van der Waals surface area contributed by atoms with Crippen molar-refractivity contribution in [1.82, 2.24) is 14.8 Å². The van der Waals surface area contributed by atoms with Crippen LogP contribution in [-0.4, -0.2) is 47.4 Å². The van der Waals surface area contributed by atoms with E-state index in [-0.39, 0.29) is 28.9 Å². The Bertz CT molecular complexity index is 1390. The fourth-order valence-electron chi connectivity index (χ4n) is 4.22. The number of ether oxygens (including phenoxy) is 1. The highest BCUT2D eigenvalue weighted by Crippen LogP contribution is 2.38. The third-order valence-electron chi connectivity index (χ3n) is 6.05. The van der Waals surface area contributed by atoms with Gasteiger partial charge in [-0.3, -0.25) is 4.79 Å². The molecule has 1 aliphatic carbocycles. The number of aryl methyl sites for hydroxylation is 2. The zero-order chi connectivity index (χ0) is 26.6. The number of esters is 1. The summed E-state index contributed by atoms with van der Waals surface area (Å²) in [6, 6.07) is 6.69. The van der Waals surface area contributed by atoms with E-state index in [0.717, 1.165) is 41.7 Å². The average Bonchev–Trinajstić information content (AvgIpc) is 3.42. The van der Waals surface area contributed by atoms with Crippen LogP contribution in [-0.2, 0) is 44.5 Å². The van der Waals surface area contributed by atoms with Crippen LogP contribution in [0.15, 0.2) is 34.3 Å². The Morgan fingerprint density at radius 2 is 1.86 bits per heavy atom. The summed E-state index contributed by atoms with van der Waals surface area (Å²) in [5.74, 6) is -0.619. The molecule has 1 aliphatic rings. The van der Waals surface area contributed by atoms with Crippen LogP contribution in [0.3, 0.4) is 0 Å². The standard InChI is InChI=1S/C25H30N4O5S3/c1-4-29-20(15-37(32,33)17-12-10-16(3)11-13-17)27-28-25(29)35-14-21(30)26-23-22(24(31)34-5-2)18-8-6-7-9-19(18)36-23/h10-13H,4-9,14-15H2,1-3H3,(H,26,30). The molecule has 198 valence electrons. The predicted octanol–water partition coefficient (Wildman–Crippen LogP) is 4.43. The number of nitrogens with one attached hydrogen (secondary N) is 1. The summed E-state index contributed by atoms with van der Waals surface area (Å²) in [5.41, 5.74) is 2.44. The van der Waals surface area contributed by atoms with Gasteiger partial charge in [-0.2, -0.15) is 0 Å². The number of thiophene rings is 1. The van der Waals surface area contributed by atoms with Crippen molar-refractivity contribution in [3.63, 3.8) is 0 Å². The van der Waals surface area contributed by atoms with Gasteiger partial charge in [-0.25, -0.2) is 13.2 Å². The van der Waals surface area contributed by atoms with E-state index in [2.05, 4.69) is 15.5 Å². The van der Waals surface area contributed by atoms with Crippen LogP contribution in [0.1, 0.15) is 58.9 Å². The van der Waals surface area contributed by atoms with Crippen LogP contribution in [0.5, 0.6) is 0 Å². The lowest BCUT2D eigenvalue weighted by Crippen LogP contribution is -2.17. The van der Waals surface area contributed by atoms with E-state index < -0.39 is 15.8 Å². The summed E-state index contributed by atoms with van der Waals surface area (Å²) in [5, 5.41) is 12.1. The van der Waals surface area contributed by atoms with Gasteiger partial charge in [0.2, 0.25) is 5.91 Å². The molecule has 1 aromatic carbocycles. The van der Waals surface area contributed by atoms with Crippen molar-refractivity contribution in [1.29, 1.82) is 0 Å². The van der Waals surface area contributed by atoms with Crippen molar-refractivity contribution in [2.75, 3.05) is 17.7 Å². The van der Waals surface area contributed by atoms with Crippen molar-refractivity contribution in [3.05, 3.63) is 51.7 Å². The highest BCUT2D eigenvalue weighted by atomic mass is 32.2. The van der Waals surface area contributed by atoms with E-state index in [9.17, 15) is 18.0 Å². The molecule has 0 radical (unpaired) electrons. The van der Waals surface area contributed by atoms with Crippen molar-refractivity contribution in [3.8, 4) is 0 Å². The molecular weight excluding hydrogens is 532 g/mol. The Hall–Kier alpha value is -2.70. The Kier molecular flexibility index (Phi) is 8.71. The summed E-state index contributed by atoms with van der Waals surface area (Å²) in [6.07, 6.45) is 3.77. The van der Waals surface area contributed by atoms with Gasteiger partial charge in [0.05, 0.1) is 22.8 Å². The Balaban J connectivity index is 1.45. The lowest BCUT2D eigenvalue weighted by atomic mass is 9.95. The fourth-order valence-corrected chi connectivity index (χ4v) is 7.60. The molecule has 0 spiro atoms. The quantitative estimate of drug-likeness (QED) is 0.285. The topological polar surface area (TPSA) is 120 Å². The predicted molar refractivity (Wildman–Crippen MR) is 144 cm³/mol. The monoisotopic (exact) mass is 562 g/mol. The van der Waals surface area contributed by atoms with Crippen LogP contribution < -0.4 is 5.32 Å². The Morgan fingerprint density at radius 1 is 1.14 bits per heavy atom. The molecule has 0 saturated heterocycles.